The van der Waals surface area contributed by atoms with E-state index in [1.54, 1.807) is 31.0 Å². The van der Waals surface area contributed by atoms with E-state index in [9.17, 15) is 29.4 Å². The van der Waals surface area contributed by atoms with E-state index < -0.39 is 11.8 Å². The predicted molar refractivity (Wildman–Crippen MR) is 256 cm³/mol. The number of likely N-dealkylation sites (tertiary alicyclic amines) is 1. The SMILES string of the molecule is CCN(c1ccc(O)c2[nH]c(=O)ccc12)[C@](C)(O)Cc1cccc(CCNC(=O)Cc2ccc(N(C)C(=O)CCN3CCC(OC(=O)Nc4ccccc4-c4ccccc4)CC3)cc2)c1. The molecule has 1 fully saturated rings. The maximum atomic E-state index is 13.2. The summed E-state index contributed by atoms with van der Waals surface area (Å²) >= 11 is 0. The Bertz CT molecular complexity index is 2640. The van der Waals surface area contributed by atoms with Gasteiger partial charge in [-0.25, -0.2) is 4.79 Å². The van der Waals surface area contributed by atoms with Gasteiger partial charge in [0.1, 0.15) is 17.6 Å². The van der Waals surface area contributed by atoms with Crippen LogP contribution in [-0.2, 0) is 33.6 Å². The number of nitrogens with zero attached hydrogens (tertiary/aromatic N) is 3. The number of aliphatic hydroxyl groups is 1. The van der Waals surface area contributed by atoms with Crippen molar-refractivity contribution in [3.8, 4) is 16.9 Å². The van der Waals surface area contributed by atoms with Crippen LogP contribution in [-0.4, -0.2) is 89.6 Å². The van der Waals surface area contributed by atoms with Crippen molar-refractivity contribution < 1.29 is 29.3 Å². The molecule has 7 rings (SSSR count). The Hall–Kier alpha value is -6.96. The molecule has 0 bridgehead atoms. The molecule has 13 nitrogen and oxygen atoms in total. The Kier molecular flexibility index (Phi) is 15.0. The lowest BCUT2D eigenvalue weighted by molar-refractivity contribution is -0.120. The Morgan fingerprint density at radius 1 is 0.862 bits per heavy atom. The zero-order chi connectivity index (χ0) is 45.9. The fraction of sp³-hybridized carbons (Fsp3) is 0.308. The number of ether oxygens (including phenoxy) is 1. The first-order chi connectivity index (χ1) is 31.4. The second kappa shape index (κ2) is 21.1. The van der Waals surface area contributed by atoms with Gasteiger partial charge in [0.15, 0.2) is 0 Å². The second-order valence-corrected chi connectivity index (χ2v) is 16.8. The highest BCUT2D eigenvalue weighted by Gasteiger charge is 2.30. The molecule has 1 aliphatic heterocycles. The third kappa shape index (κ3) is 12.0. The van der Waals surface area contributed by atoms with Gasteiger partial charge in [0.25, 0.3) is 0 Å². The number of para-hydroxylation sites is 1. The monoisotopic (exact) mass is 878 g/mol. The van der Waals surface area contributed by atoms with E-state index in [0.717, 1.165) is 46.6 Å². The number of carbonyl (C=O) groups is 3. The van der Waals surface area contributed by atoms with Gasteiger partial charge in [0.2, 0.25) is 17.4 Å². The highest BCUT2D eigenvalue weighted by atomic mass is 16.6. The molecular formula is C52H58N6O7. The van der Waals surface area contributed by atoms with Gasteiger partial charge in [-0.3, -0.25) is 19.7 Å². The maximum Gasteiger partial charge on any atom is 0.411 e. The van der Waals surface area contributed by atoms with Gasteiger partial charge in [-0.2, -0.15) is 0 Å². The van der Waals surface area contributed by atoms with Crippen LogP contribution in [0.3, 0.4) is 0 Å². The number of aromatic nitrogens is 1. The number of aromatic hydroxyl groups is 1. The van der Waals surface area contributed by atoms with Crippen molar-refractivity contribution >= 4 is 45.9 Å². The Labute approximate surface area is 379 Å². The van der Waals surface area contributed by atoms with Crippen LogP contribution in [0.1, 0.15) is 49.8 Å². The van der Waals surface area contributed by atoms with Crippen LogP contribution in [0.25, 0.3) is 22.0 Å². The fourth-order valence-electron chi connectivity index (χ4n) is 8.60. The molecule has 1 atom stereocenters. The lowest BCUT2D eigenvalue weighted by atomic mass is 9.98. The number of phenolic OH excluding ortho intramolecular Hbond substituents is 1. The summed E-state index contributed by atoms with van der Waals surface area (Å²) in [5, 5.41) is 28.7. The lowest BCUT2D eigenvalue weighted by Gasteiger charge is -2.39. The van der Waals surface area contributed by atoms with Crippen LogP contribution in [0, 0.1) is 0 Å². The number of pyridine rings is 1. The van der Waals surface area contributed by atoms with E-state index in [2.05, 4.69) is 20.5 Å². The number of piperidine rings is 1. The van der Waals surface area contributed by atoms with E-state index in [1.165, 1.54) is 12.1 Å². The molecule has 5 aromatic carbocycles. The summed E-state index contributed by atoms with van der Waals surface area (Å²) in [6.07, 6.45) is 2.19. The first-order valence-electron chi connectivity index (χ1n) is 22.3. The number of hydrogen-bond donors (Lipinski definition) is 5. The third-order valence-corrected chi connectivity index (χ3v) is 12.1. The fourth-order valence-corrected chi connectivity index (χ4v) is 8.60. The van der Waals surface area contributed by atoms with Crippen molar-refractivity contribution in [3.63, 3.8) is 0 Å². The minimum absolute atomic E-state index is 0.00899. The number of H-pyrrole nitrogens is 1. The minimum Gasteiger partial charge on any atom is -0.506 e. The van der Waals surface area contributed by atoms with E-state index in [0.29, 0.717) is 74.0 Å². The van der Waals surface area contributed by atoms with Gasteiger partial charge in [-0.05, 0) is 91.8 Å². The second-order valence-electron chi connectivity index (χ2n) is 16.8. The molecule has 0 spiro atoms. The molecule has 338 valence electrons. The average Bonchev–Trinajstić information content (AvgIpc) is 3.30. The summed E-state index contributed by atoms with van der Waals surface area (Å²) in [4.78, 5) is 59.3. The Morgan fingerprint density at radius 3 is 2.34 bits per heavy atom. The van der Waals surface area contributed by atoms with E-state index in [4.69, 9.17) is 4.74 Å². The van der Waals surface area contributed by atoms with Crippen molar-refractivity contribution in [2.75, 3.05) is 54.9 Å². The standard InChI is InChI=1S/C52H58N6O7/c1-4-58(45-22-23-46(59)50-43(45)21-24-47(60)55-50)52(2,64)35-38-12-10-11-36(33-38)25-29-53-48(61)34-37-17-19-40(20-18-37)56(3)49(62)28-32-57-30-26-41(27-31-57)65-51(63)54-44-16-9-8-15-42(44)39-13-6-5-7-14-39/h5-24,33,41,59,64H,4,25-32,34-35H2,1-3H3,(H,53,61)(H,54,63)(H,55,60)/t52-/m1/s1. The molecule has 2 heterocycles. The summed E-state index contributed by atoms with van der Waals surface area (Å²) in [5.41, 5.74) is 5.55. The van der Waals surface area contributed by atoms with Crippen molar-refractivity contribution in [3.05, 3.63) is 154 Å². The topological polar surface area (TPSA) is 168 Å². The molecule has 0 aliphatic carbocycles. The molecule has 0 unspecified atom stereocenters. The molecule has 65 heavy (non-hydrogen) atoms. The molecular weight excluding hydrogens is 821 g/mol. The highest BCUT2D eigenvalue weighted by Crippen LogP contribution is 2.35. The number of aromatic amines is 1. The first-order valence-corrected chi connectivity index (χ1v) is 22.3. The van der Waals surface area contributed by atoms with Crippen molar-refractivity contribution in [1.82, 2.24) is 15.2 Å². The number of nitrogens with one attached hydrogen (secondary N) is 3. The number of carbonyl (C=O) groups excluding carboxylic acids is 3. The van der Waals surface area contributed by atoms with Crippen LogP contribution in [0.15, 0.2) is 132 Å². The molecule has 0 radical (unpaired) electrons. The van der Waals surface area contributed by atoms with Gasteiger partial charge in [0, 0.05) is 81.0 Å². The van der Waals surface area contributed by atoms with Crippen molar-refractivity contribution in [2.45, 2.75) is 64.2 Å². The molecule has 5 N–H and O–H groups in total. The number of hydrogen-bond acceptors (Lipinski definition) is 9. The van der Waals surface area contributed by atoms with Gasteiger partial charge in [-0.15, -0.1) is 0 Å². The number of phenols is 1. The summed E-state index contributed by atoms with van der Waals surface area (Å²) in [5.74, 6) is -0.155. The molecule has 13 heteroatoms. The number of amides is 3. The summed E-state index contributed by atoms with van der Waals surface area (Å²) in [7, 11) is 1.76. The largest absolute Gasteiger partial charge is 0.506 e. The predicted octanol–water partition coefficient (Wildman–Crippen LogP) is 7.65. The number of anilines is 3. The Balaban J connectivity index is 0.814. The maximum absolute atomic E-state index is 13.2. The summed E-state index contributed by atoms with van der Waals surface area (Å²) in [6.45, 7) is 6.67. The highest BCUT2D eigenvalue weighted by molar-refractivity contribution is 5.96. The van der Waals surface area contributed by atoms with Crippen LogP contribution in [0.5, 0.6) is 5.75 Å². The van der Waals surface area contributed by atoms with Crippen LogP contribution in [0.4, 0.5) is 21.9 Å². The number of likely N-dealkylation sites (N-methyl/N-ethyl adjacent to an activating group) is 1. The zero-order valence-corrected chi connectivity index (χ0v) is 37.3. The van der Waals surface area contributed by atoms with Crippen LogP contribution < -0.4 is 26.0 Å². The quantitative estimate of drug-likeness (QED) is 0.0579. The molecule has 3 amide bonds. The van der Waals surface area contributed by atoms with Crippen molar-refractivity contribution in [2.24, 2.45) is 0 Å². The third-order valence-electron chi connectivity index (χ3n) is 12.1. The molecule has 1 saturated heterocycles. The number of fused-ring (bicyclic) bond motifs is 1. The Morgan fingerprint density at radius 2 is 1.58 bits per heavy atom. The molecule has 0 saturated carbocycles. The summed E-state index contributed by atoms with van der Waals surface area (Å²) < 4.78 is 5.78. The van der Waals surface area contributed by atoms with Crippen LogP contribution >= 0.6 is 0 Å². The van der Waals surface area contributed by atoms with Crippen molar-refractivity contribution in [1.29, 1.82) is 0 Å². The van der Waals surface area contributed by atoms with Gasteiger partial charge in [0.05, 0.1) is 17.6 Å². The van der Waals surface area contributed by atoms with E-state index in [-0.39, 0.29) is 35.6 Å². The van der Waals surface area contributed by atoms with Gasteiger partial charge < -0.3 is 40.0 Å². The lowest BCUT2D eigenvalue weighted by Crippen LogP contribution is -2.48. The molecule has 1 aromatic heterocycles. The number of rotatable bonds is 17. The normalized spacial score (nSPS) is 14.0. The smallest absolute Gasteiger partial charge is 0.411 e. The minimum atomic E-state index is -1.30. The van der Waals surface area contributed by atoms with Gasteiger partial charge in [-0.1, -0.05) is 84.9 Å². The first kappa shape index (κ1) is 46.0. The average molecular weight is 879 g/mol. The number of benzene rings is 5. The van der Waals surface area contributed by atoms with E-state index in [1.807, 2.05) is 115 Å². The summed E-state index contributed by atoms with van der Waals surface area (Å²) in [6, 6.07) is 39.3. The molecule has 6 aromatic rings. The molecule has 1 aliphatic rings. The van der Waals surface area contributed by atoms with E-state index >= 15 is 0 Å². The zero-order valence-electron chi connectivity index (χ0n) is 37.3. The van der Waals surface area contributed by atoms with Crippen LogP contribution in [0.2, 0.25) is 0 Å². The van der Waals surface area contributed by atoms with Gasteiger partial charge >= 0.3 is 6.09 Å².